The van der Waals surface area contributed by atoms with E-state index in [0.717, 1.165) is 17.0 Å². The highest BCUT2D eigenvalue weighted by molar-refractivity contribution is 5.76. The molecule has 0 saturated heterocycles. The average Bonchev–Trinajstić information content (AvgIpc) is 2.98. The zero-order valence-corrected chi connectivity index (χ0v) is 8.10. The van der Waals surface area contributed by atoms with Crippen molar-refractivity contribution in [2.45, 2.75) is 18.8 Å². The monoisotopic (exact) mass is 188 g/mol. The van der Waals surface area contributed by atoms with Crippen molar-refractivity contribution in [2.75, 3.05) is 7.11 Å². The Kier molecular flexibility index (Phi) is 1.54. The zero-order chi connectivity index (χ0) is 9.54. The molecule has 1 fully saturated rings. The first-order valence-corrected chi connectivity index (χ1v) is 4.90. The third-order valence-electron chi connectivity index (χ3n) is 2.78. The van der Waals surface area contributed by atoms with E-state index in [1.165, 1.54) is 18.4 Å². The van der Waals surface area contributed by atoms with Crippen molar-refractivity contribution in [2.24, 2.45) is 0 Å². The highest BCUT2D eigenvalue weighted by Gasteiger charge is 2.23. The Morgan fingerprint density at radius 2 is 2.29 bits per heavy atom. The Labute approximate surface area is 82.3 Å². The Morgan fingerprint density at radius 3 is 3.00 bits per heavy atom. The first-order valence-electron chi connectivity index (χ1n) is 4.90. The van der Waals surface area contributed by atoms with Gasteiger partial charge in [-0.25, -0.2) is 4.98 Å². The smallest absolute Gasteiger partial charge is 0.133 e. The second-order valence-electron chi connectivity index (χ2n) is 3.78. The number of aromatic nitrogens is 2. The molecule has 0 amide bonds. The summed E-state index contributed by atoms with van der Waals surface area (Å²) >= 11 is 0. The molecule has 1 heterocycles. The van der Waals surface area contributed by atoms with Crippen LogP contribution in [0, 0.1) is 0 Å². The van der Waals surface area contributed by atoms with Crippen LogP contribution in [0.15, 0.2) is 24.5 Å². The molecule has 1 aromatic carbocycles. The Morgan fingerprint density at radius 1 is 1.43 bits per heavy atom. The lowest BCUT2D eigenvalue weighted by molar-refractivity contribution is 0.177. The van der Waals surface area contributed by atoms with E-state index >= 15 is 0 Å². The van der Waals surface area contributed by atoms with E-state index in [2.05, 4.69) is 23.2 Å². The maximum absolute atomic E-state index is 5.18. The van der Waals surface area contributed by atoms with Crippen molar-refractivity contribution in [1.29, 1.82) is 0 Å². The van der Waals surface area contributed by atoms with Gasteiger partial charge in [0.1, 0.15) is 19.0 Å². The molecule has 2 aromatic rings. The molecule has 1 aromatic heterocycles. The van der Waals surface area contributed by atoms with Crippen molar-refractivity contribution in [3.8, 4) is 0 Å². The van der Waals surface area contributed by atoms with E-state index in [1.54, 1.807) is 18.2 Å². The minimum Gasteiger partial charge on any atom is -0.416 e. The topological polar surface area (TPSA) is 27.1 Å². The summed E-state index contributed by atoms with van der Waals surface area (Å²) in [6, 6.07) is 6.43. The number of imidazole rings is 1. The molecule has 0 atom stereocenters. The number of benzene rings is 1. The lowest BCUT2D eigenvalue weighted by atomic mass is 10.1. The number of fused-ring (bicyclic) bond motifs is 1. The van der Waals surface area contributed by atoms with Crippen molar-refractivity contribution < 1.29 is 4.84 Å². The molecule has 14 heavy (non-hydrogen) atoms. The van der Waals surface area contributed by atoms with Gasteiger partial charge >= 0.3 is 0 Å². The van der Waals surface area contributed by atoms with E-state index in [-0.39, 0.29) is 0 Å². The van der Waals surface area contributed by atoms with Crippen LogP contribution in [0.3, 0.4) is 0 Å². The van der Waals surface area contributed by atoms with Gasteiger partial charge in [-0.2, -0.15) is 4.73 Å². The Balaban J connectivity index is 2.18. The van der Waals surface area contributed by atoms with Crippen LogP contribution in [0.4, 0.5) is 0 Å². The second-order valence-corrected chi connectivity index (χ2v) is 3.78. The van der Waals surface area contributed by atoms with Crippen LogP contribution in [0.5, 0.6) is 0 Å². The Hall–Kier alpha value is -1.51. The fraction of sp³-hybridized carbons (Fsp3) is 0.364. The van der Waals surface area contributed by atoms with Gasteiger partial charge in [0.05, 0.1) is 5.52 Å². The summed E-state index contributed by atoms with van der Waals surface area (Å²) < 4.78 is 1.71. The van der Waals surface area contributed by atoms with E-state index in [0.29, 0.717) is 0 Å². The van der Waals surface area contributed by atoms with E-state index in [1.807, 2.05) is 0 Å². The molecule has 1 saturated carbocycles. The average molecular weight is 188 g/mol. The summed E-state index contributed by atoms with van der Waals surface area (Å²) in [6.45, 7) is 0. The van der Waals surface area contributed by atoms with Crippen LogP contribution in [-0.4, -0.2) is 16.8 Å². The van der Waals surface area contributed by atoms with Crippen molar-refractivity contribution in [3.05, 3.63) is 30.1 Å². The molecule has 0 unspecified atom stereocenters. The van der Waals surface area contributed by atoms with Crippen LogP contribution >= 0.6 is 0 Å². The van der Waals surface area contributed by atoms with Crippen LogP contribution in [0.2, 0.25) is 0 Å². The van der Waals surface area contributed by atoms with Crippen LogP contribution in [0.25, 0.3) is 11.0 Å². The molecule has 1 aliphatic rings. The van der Waals surface area contributed by atoms with Crippen LogP contribution < -0.4 is 4.84 Å². The van der Waals surface area contributed by atoms with E-state index in [4.69, 9.17) is 4.84 Å². The highest BCUT2D eigenvalue weighted by atomic mass is 16.6. The summed E-state index contributed by atoms with van der Waals surface area (Å²) in [6.07, 6.45) is 4.36. The molecule has 0 bridgehead atoms. The van der Waals surface area contributed by atoms with Gasteiger partial charge in [-0.3, -0.25) is 0 Å². The summed E-state index contributed by atoms with van der Waals surface area (Å²) in [5.74, 6) is 0.777. The van der Waals surface area contributed by atoms with Crippen LogP contribution in [-0.2, 0) is 0 Å². The van der Waals surface area contributed by atoms with Gasteiger partial charge in [-0.1, -0.05) is 6.07 Å². The van der Waals surface area contributed by atoms with Gasteiger partial charge in [0, 0.05) is 0 Å². The zero-order valence-electron chi connectivity index (χ0n) is 8.10. The number of hydrogen-bond donors (Lipinski definition) is 0. The Bertz CT molecular complexity index is 471. The summed E-state index contributed by atoms with van der Waals surface area (Å²) in [5, 5.41) is 0. The molecule has 3 rings (SSSR count). The molecule has 3 nitrogen and oxygen atoms in total. The minimum absolute atomic E-state index is 0.777. The molecule has 0 aliphatic heterocycles. The first-order chi connectivity index (χ1) is 6.88. The van der Waals surface area contributed by atoms with Gasteiger partial charge < -0.3 is 4.84 Å². The lowest BCUT2D eigenvalue weighted by Gasteiger charge is -2.02. The number of rotatable bonds is 2. The van der Waals surface area contributed by atoms with E-state index in [9.17, 15) is 0 Å². The van der Waals surface area contributed by atoms with Gasteiger partial charge in [-0.05, 0) is 36.5 Å². The quantitative estimate of drug-likeness (QED) is 0.720. The maximum Gasteiger partial charge on any atom is 0.133 e. The molecule has 0 radical (unpaired) electrons. The maximum atomic E-state index is 5.18. The van der Waals surface area contributed by atoms with Crippen LogP contribution in [0.1, 0.15) is 24.3 Å². The lowest BCUT2D eigenvalue weighted by Crippen LogP contribution is -2.02. The fourth-order valence-electron chi connectivity index (χ4n) is 1.82. The molecule has 72 valence electrons. The van der Waals surface area contributed by atoms with Gasteiger partial charge in [-0.15, -0.1) is 0 Å². The summed E-state index contributed by atoms with van der Waals surface area (Å²) in [5.41, 5.74) is 3.48. The molecular formula is C11H12N2O. The summed E-state index contributed by atoms with van der Waals surface area (Å²) in [7, 11) is 1.66. The second kappa shape index (κ2) is 2.74. The predicted octanol–water partition coefficient (Wildman–Crippen LogP) is 1.97. The predicted molar refractivity (Wildman–Crippen MR) is 54.2 cm³/mol. The van der Waals surface area contributed by atoms with Crippen molar-refractivity contribution in [1.82, 2.24) is 9.71 Å². The number of nitrogens with zero attached hydrogens (tertiary/aromatic N) is 2. The molecule has 0 N–H and O–H groups in total. The van der Waals surface area contributed by atoms with Gasteiger partial charge in [0.2, 0.25) is 0 Å². The third kappa shape index (κ3) is 1.09. The van der Waals surface area contributed by atoms with Gasteiger partial charge in [0.25, 0.3) is 0 Å². The highest BCUT2D eigenvalue weighted by Crippen LogP contribution is 2.40. The first kappa shape index (κ1) is 7.85. The molecular weight excluding hydrogens is 176 g/mol. The molecule has 1 aliphatic carbocycles. The van der Waals surface area contributed by atoms with Crippen molar-refractivity contribution in [3.63, 3.8) is 0 Å². The number of hydrogen-bond acceptors (Lipinski definition) is 2. The third-order valence-corrected chi connectivity index (χ3v) is 2.78. The SMILES string of the molecule is COn1cnc2ccc(C3CC3)cc21. The molecule has 0 spiro atoms. The van der Waals surface area contributed by atoms with Crippen molar-refractivity contribution >= 4 is 11.0 Å². The van der Waals surface area contributed by atoms with Gasteiger partial charge in [0.15, 0.2) is 0 Å². The largest absolute Gasteiger partial charge is 0.416 e. The standard InChI is InChI=1S/C11H12N2O/c1-14-13-7-12-10-5-4-9(6-11(10)13)8-2-3-8/h4-8H,2-3H2,1H3. The normalized spacial score (nSPS) is 16.1. The molecule has 3 heteroatoms. The fourth-order valence-corrected chi connectivity index (χ4v) is 1.82. The summed E-state index contributed by atoms with van der Waals surface area (Å²) in [4.78, 5) is 9.43. The minimum atomic E-state index is 0.777. The van der Waals surface area contributed by atoms with E-state index < -0.39 is 0 Å².